The minimum Gasteiger partial charge on any atom is -0.378 e. The summed E-state index contributed by atoms with van der Waals surface area (Å²) in [7, 11) is 0. The average Bonchev–Trinajstić information content (AvgIpc) is 3.33. The van der Waals surface area contributed by atoms with Crippen molar-refractivity contribution in [2.45, 2.75) is 18.4 Å². The smallest absolute Gasteiger partial charge is 0.256 e. The largest absolute Gasteiger partial charge is 0.378 e. The quantitative estimate of drug-likeness (QED) is 0.208. The maximum absolute atomic E-state index is 12.9. The van der Waals surface area contributed by atoms with Gasteiger partial charge in [-0.1, -0.05) is 66.7 Å². The molecule has 4 aromatic carbocycles. The number of hydrogen-bond donors (Lipinski definition) is 2. The highest BCUT2D eigenvalue weighted by Crippen LogP contribution is 2.51. The number of carbonyl (C=O) groups is 1. The molecule has 4 aromatic rings. The molecule has 0 spiro atoms. The van der Waals surface area contributed by atoms with Gasteiger partial charge in [0, 0.05) is 20.9 Å². The Bertz CT molecular complexity index is 1410. The van der Waals surface area contributed by atoms with E-state index in [4.69, 9.17) is 0 Å². The van der Waals surface area contributed by atoms with Gasteiger partial charge in [0.15, 0.2) is 0 Å². The van der Waals surface area contributed by atoms with Crippen molar-refractivity contribution in [3.63, 3.8) is 0 Å². The lowest BCUT2D eigenvalue weighted by Gasteiger charge is -2.38. The summed E-state index contributed by atoms with van der Waals surface area (Å²) in [5.41, 5.74) is 5.34. The highest BCUT2D eigenvalue weighted by atomic mass is 127. The van der Waals surface area contributed by atoms with Crippen molar-refractivity contribution in [3.8, 4) is 0 Å². The zero-order valence-electron chi connectivity index (χ0n) is 18.0. The van der Waals surface area contributed by atoms with Gasteiger partial charge in [0.05, 0.1) is 11.6 Å². The van der Waals surface area contributed by atoms with Gasteiger partial charge >= 0.3 is 0 Å². The fourth-order valence-corrected chi connectivity index (χ4v) is 6.00. The number of nitrogens with one attached hydrogen (secondary N) is 2. The van der Waals surface area contributed by atoms with Crippen molar-refractivity contribution in [2.75, 3.05) is 10.6 Å². The van der Waals surface area contributed by atoms with Gasteiger partial charge in [0.25, 0.3) is 5.91 Å². The second-order valence-corrected chi connectivity index (χ2v) is 9.95. The summed E-state index contributed by atoms with van der Waals surface area (Å²) < 4.78 is 0.946. The third-order valence-electron chi connectivity index (χ3n) is 6.88. The highest BCUT2D eigenvalue weighted by molar-refractivity contribution is 14.1. The Morgan fingerprint density at radius 1 is 0.939 bits per heavy atom. The molecule has 1 heterocycles. The monoisotopic (exact) mass is 542 g/mol. The van der Waals surface area contributed by atoms with Crippen molar-refractivity contribution >= 4 is 50.6 Å². The maximum Gasteiger partial charge on any atom is 0.256 e. The Morgan fingerprint density at radius 3 is 2.70 bits per heavy atom. The normalized spacial score (nSPS) is 20.7. The van der Waals surface area contributed by atoms with Crippen molar-refractivity contribution < 1.29 is 4.79 Å². The number of halogens is 1. The number of anilines is 2. The number of amides is 1. The Labute approximate surface area is 207 Å². The van der Waals surface area contributed by atoms with E-state index < -0.39 is 0 Å². The fraction of sp³-hybridized carbons (Fsp3) is 0.138. The molecule has 0 saturated carbocycles. The number of carbonyl (C=O) groups excluding carboxylic acids is 1. The van der Waals surface area contributed by atoms with Crippen LogP contribution in [0, 0.1) is 9.49 Å². The van der Waals surface area contributed by atoms with Gasteiger partial charge in [-0.3, -0.25) is 4.79 Å². The Balaban J connectivity index is 1.34. The van der Waals surface area contributed by atoms with Crippen LogP contribution in [-0.2, 0) is 0 Å². The van der Waals surface area contributed by atoms with Crippen LogP contribution in [-0.4, -0.2) is 5.91 Å². The van der Waals surface area contributed by atoms with Gasteiger partial charge in [-0.15, -0.1) is 0 Å². The molecule has 6 rings (SSSR count). The number of benzene rings is 4. The molecule has 1 aliphatic carbocycles. The number of allylic oxidation sites excluding steroid dienone is 2. The molecular weight excluding hydrogens is 519 g/mol. The first kappa shape index (κ1) is 20.5. The van der Waals surface area contributed by atoms with Crippen LogP contribution in [0.15, 0.2) is 97.1 Å². The summed E-state index contributed by atoms with van der Waals surface area (Å²) in [5.74, 6) is 0.761. The second kappa shape index (κ2) is 8.34. The molecule has 3 nitrogen and oxygen atoms in total. The first-order valence-electron chi connectivity index (χ1n) is 11.3. The summed E-state index contributed by atoms with van der Waals surface area (Å²) in [6.45, 7) is 0. The van der Waals surface area contributed by atoms with Crippen LogP contribution in [0.2, 0.25) is 0 Å². The summed E-state index contributed by atoms with van der Waals surface area (Å²) >= 11 is 2.21. The molecule has 0 bridgehead atoms. The van der Waals surface area contributed by atoms with E-state index in [1.54, 1.807) is 0 Å². The molecule has 4 heteroatoms. The van der Waals surface area contributed by atoms with Crippen LogP contribution in [0.25, 0.3) is 10.8 Å². The lowest BCUT2D eigenvalue weighted by molar-refractivity contribution is 0.102. The minimum absolute atomic E-state index is 0.0778. The van der Waals surface area contributed by atoms with Gasteiger partial charge in [-0.05, 0) is 87.2 Å². The lowest BCUT2D eigenvalue weighted by Crippen LogP contribution is -2.29. The van der Waals surface area contributed by atoms with Crippen molar-refractivity contribution in [1.29, 1.82) is 0 Å². The van der Waals surface area contributed by atoms with E-state index in [0.29, 0.717) is 17.4 Å². The molecule has 3 atom stereocenters. The van der Waals surface area contributed by atoms with E-state index in [2.05, 4.69) is 93.9 Å². The predicted molar refractivity (Wildman–Crippen MR) is 144 cm³/mol. The molecule has 0 radical (unpaired) electrons. The van der Waals surface area contributed by atoms with Crippen LogP contribution in [0.5, 0.6) is 0 Å². The fourth-order valence-electron chi connectivity index (χ4n) is 5.36. The van der Waals surface area contributed by atoms with Gasteiger partial charge in [0.1, 0.15) is 0 Å². The SMILES string of the molecule is O=C(Nc1cccc([C@@H]2Nc3ccc4ccccc4c3[C@@H]3C=CC[C@H]32)c1)c1ccccc1I. The van der Waals surface area contributed by atoms with E-state index >= 15 is 0 Å². The van der Waals surface area contributed by atoms with E-state index in [1.807, 2.05) is 36.4 Å². The van der Waals surface area contributed by atoms with Crippen LogP contribution in [0.3, 0.4) is 0 Å². The molecule has 162 valence electrons. The van der Waals surface area contributed by atoms with Crippen molar-refractivity contribution in [2.24, 2.45) is 5.92 Å². The summed E-state index contributed by atoms with van der Waals surface area (Å²) in [5, 5.41) is 9.56. The van der Waals surface area contributed by atoms with Crippen LogP contribution in [0.4, 0.5) is 11.4 Å². The molecule has 0 aromatic heterocycles. The third-order valence-corrected chi connectivity index (χ3v) is 7.82. The van der Waals surface area contributed by atoms with E-state index in [1.165, 1.54) is 27.6 Å². The van der Waals surface area contributed by atoms with Gasteiger partial charge in [-0.25, -0.2) is 0 Å². The summed E-state index contributed by atoms with van der Waals surface area (Å²) in [4.78, 5) is 12.9. The zero-order valence-corrected chi connectivity index (χ0v) is 20.1. The predicted octanol–water partition coefficient (Wildman–Crippen LogP) is 7.52. The Morgan fingerprint density at radius 2 is 1.79 bits per heavy atom. The molecule has 2 aliphatic rings. The molecule has 0 saturated heterocycles. The van der Waals surface area contributed by atoms with Crippen molar-refractivity contribution in [3.05, 3.63) is 117 Å². The van der Waals surface area contributed by atoms with E-state index in [9.17, 15) is 4.79 Å². The molecule has 33 heavy (non-hydrogen) atoms. The molecule has 1 amide bonds. The first-order chi connectivity index (χ1) is 16.2. The Kier molecular flexibility index (Phi) is 5.18. The third kappa shape index (κ3) is 3.62. The average molecular weight is 542 g/mol. The summed E-state index contributed by atoms with van der Waals surface area (Å²) in [6, 6.07) is 29.2. The molecular formula is C29H23IN2O. The molecule has 1 aliphatic heterocycles. The lowest BCUT2D eigenvalue weighted by atomic mass is 9.75. The number of fused-ring (bicyclic) bond motifs is 5. The molecule has 2 N–H and O–H groups in total. The minimum atomic E-state index is -0.0778. The number of hydrogen-bond acceptors (Lipinski definition) is 2. The zero-order chi connectivity index (χ0) is 22.4. The topological polar surface area (TPSA) is 41.1 Å². The van der Waals surface area contributed by atoms with Gasteiger partial charge in [0.2, 0.25) is 0 Å². The highest BCUT2D eigenvalue weighted by Gasteiger charge is 2.38. The van der Waals surface area contributed by atoms with Crippen LogP contribution in [0.1, 0.15) is 39.9 Å². The molecule has 0 unspecified atom stereocenters. The molecule has 0 fully saturated rings. The van der Waals surface area contributed by atoms with Crippen molar-refractivity contribution in [1.82, 2.24) is 0 Å². The van der Waals surface area contributed by atoms with Gasteiger partial charge in [-0.2, -0.15) is 0 Å². The second-order valence-electron chi connectivity index (χ2n) is 8.78. The van der Waals surface area contributed by atoms with Crippen LogP contribution >= 0.6 is 22.6 Å². The standard InChI is InChI=1S/C29H23IN2O/c30-25-14-4-3-11-24(25)29(33)31-20-9-5-8-19(17-20)28-23-13-6-12-22(23)27-21-10-2-1-7-18(21)15-16-26(27)32-28/h1-12,14-17,22-23,28,32H,13H2,(H,31,33)/t22-,23-,28+/m1/s1. The van der Waals surface area contributed by atoms with Crippen LogP contribution < -0.4 is 10.6 Å². The van der Waals surface area contributed by atoms with E-state index in [-0.39, 0.29) is 11.9 Å². The number of rotatable bonds is 3. The van der Waals surface area contributed by atoms with Gasteiger partial charge < -0.3 is 10.6 Å². The summed E-state index contributed by atoms with van der Waals surface area (Å²) in [6.07, 6.45) is 5.75. The maximum atomic E-state index is 12.9. The van der Waals surface area contributed by atoms with E-state index in [0.717, 1.165) is 15.7 Å². The Hall–Kier alpha value is -3.12. The first-order valence-corrected chi connectivity index (χ1v) is 12.4.